The van der Waals surface area contributed by atoms with Crippen molar-refractivity contribution in [1.82, 2.24) is 0 Å². The van der Waals surface area contributed by atoms with Gasteiger partial charge in [0.25, 0.3) is 0 Å². The van der Waals surface area contributed by atoms with Crippen molar-refractivity contribution in [3.8, 4) is 0 Å². The van der Waals surface area contributed by atoms with Crippen LogP contribution in [0.25, 0.3) is 0 Å². The molecule has 0 amide bonds. The molecule has 17 heavy (non-hydrogen) atoms. The Morgan fingerprint density at radius 2 is 1.71 bits per heavy atom. The fourth-order valence-corrected chi connectivity index (χ4v) is 2.26. The van der Waals surface area contributed by atoms with E-state index in [9.17, 15) is 9.13 Å². The molecular formula is C3H14NO10P3. The average Bonchev–Trinajstić information content (AvgIpc) is 2.11. The van der Waals surface area contributed by atoms with Crippen molar-refractivity contribution in [1.29, 1.82) is 0 Å². The van der Waals surface area contributed by atoms with E-state index in [1.807, 2.05) is 0 Å². The van der Waals surface area contributed by atoms with Crippen LogP contribution in [0.1, 0.15) is 13.3 Å². The number of nitrogens with two attached hydrogens (primary N) is 1. The molecule has 0 aromatic carbocycles. The predicted octanol–water partition coefficient (Wildman–Crippen LogP) is -0.119. The molecule has 106 valence electrons. The third-order valence-corrected chi connectivity index (χ3v) is 3.20. The summed E-state index contributed by atoms with van der Waals surface area (Å²) in [6.45, 7) is 1.65. The lowest BCUT2D eigenvalue weighted by atomic mass is 10.5. The zero-order chi connectivity index (χ0) is 14.1. The highest BCUT2D eigenvalue weighted by atomic mass is 31.3. The van der Waals surface area contributed by atoms with Crippen molar-refractivity contribution in [2.24, 2.45) is 5.90 Å². The van der Waals surface area contributed by atoms with Crippen molar-refractivity contribution < 1.29 is 46.7 Å². The summed E-state index contributed by atoms with van der Waals surface area (Å²) in [6, 6.07) is 0. The summed E-state index contributed by atoms with van der Waals surface area (Å²) >= 11 is 0. The number of phosphoric acid groups is 2. The zero-order valence-corrected chi connectivity index (χ0v) is 11.4. The van der Waals surface area contributed by atoms with Crippen LogP contribution in [0, 0.1) is 0 Å². The molecule has 1 unspecified atom stereocenters. The van der Waals surface area contributed by atoms with Crippen LogP contribution in [-0.2, 0) is 27.2 Å². The normalized spacial score (nSPS) is 15.0. The summed E-state index contributed by atoms with van der Waals surface area (Å²) in [5.74, 6) is 4.50. The van der Waals surface area contributed by atoms with E-state index in [1.165, 1.54) is 0 Å². The molecule has 0 rings (SSSR count). The molecule has 0 spiro atoms. The van der Waals surface area contributed by atoms with Crippen molar-refractivity contribution in [2.45, 2.75) is 13.3 Å². The van der Waals surface area contributed by atoms with Gasteiger partial charge in [0.2, 0.25) is 0 Å². The van der Waals surface area contributed by atoms with Crippen LogP contribution in [0.4, 0.5) is 0 Å². The first-order valence-corrected chi connectivity index (χ1v) is 8.17. The van der Waals surface area contributed by atoms with Gasteiger partial charge < -0.3 is 19.6 Å². The van der Waals surface area contributed by atoms with Gasteiger partial charge in [-0.15, -0.1) is 0 Å². The SMILES string of the molecule is CCCOP(=O)(ON)OP(=O)(O)O.O=[PH](O)O. The maximum atomic E-state index is 11.1. The summed E-state index contributed by atoms with van der Waals surface area (Å²) in [5, 5.41) is 0. The molecule has 6 N–H and O–H groups in total. The molecule has 14 heteroatoms. The molecule has 0 aromatic rings. The summed E-state index contributed by atoms with van der Waals surface area (Å²) in [4.78, 5) is 30.9. The maximum Gasteiger partial charge on any atom is 0.500 e. The fraction of sp³-hybridized carbons (Fsp3) is 1.00. The van der Waals surface area contributed by atoms with Gasteiger partial charge in [0.1, 0.15) is 0 Å². The minimum atomic E-state index is -4.94. The van der Waals surface area contributed by atoms with E-state index >= 15 is 0 Å². The monoisotopic (exact) mass is 317 g/mol. The molecule has 0 radical (unpaired) electrons. The van der Waals surface area contributed by atoms with E-state index in [-0.39, 0.29) is 6.61 Å². The topological polar surface area (TPSA) is 186 Å². The molecule has 0 aromatic heterocycles. The third kappa shape index (κ3) is 16.4. The van der Waals surface area contributed by atoms with Gasteiger partial charge in [0, 0.05) is 0 Å². The first-order chi connectivity index (χ1) is 7.56. The summed E-state index contributed by atoms with van der Waals surface area (Å²) in [7, 11) is -12.4. The van der Waals surface area contributed by atoms with Crippen LogP contribution in [0.5, 0.6) is 0 Å². The average molecular weight is 317 g/mol. The van der Waals surface area contributed by atoms with Crippen LogP contribution in [0.2, 0.25) is 0 Å². The Labute approximate surface area is 97.3 Å². The molecule has 0 saturated heterocycles. The van der Waals surface area contributed by atoms with Gasteiger partial charge in [-0.1, -0.05) is 6.92 Å². The Morgan fingerprint density at radius 3 is 1.94 bits per heavy atom. The van der Waals surface area contributed by atoms with E-state index in [0.717, 1.165) is 0 Å². The standard InChI is InChI=1S/C3H11NO7P2.H3O3P/c1-2-3-9-13(8,10-4)11-12(5,6)7;1-4(2)3/h2-4H2,1H3,(H2,5,6,7);4H,(H2,1,2,3). The van der Waals surface area contributed by atoms with Crippen molar-refractivity contribution in [2.75, 3.05) is 6.61 Å². The third-order valence-electron chi connectivity index (χ3n) is 0.789. The Bertz CT molecular complexity index is 308. The molecule has 0 saturated carbocycles. The summed E-state index contributed by atoms with van der Waals surface area (Å²) in [5.41, 5.74) is 0. The smallest absolute Gasteiger partial charge is 0.326 e. The minimum Gasteiger partial charge on any atom is -0.326 e. The largest absolute Gasteiger partial charge is 0.500 e. The predicted molar refractivity (Wildman–Crippen MR) is 55.7 cm³/mol. The highest BCUT2D eigenvalue weighted by Crippen LogP contribution is 2.60. The van der Waals surface area contributed by atoms with Crippen molar-refractivity contribution in [3.63, 3.8) is 0 Å². The molecular weight excluding hydrogens is 303 g/mol. The minimum absolute atomic E-state index is 0.0471. The van der Waals surface area contributed by atoms with Gasteiger partial charge in [-0.25, -0.2) is 19.7 Å². The second kappa shape index (κ2) is 9.32. The summed E-state index contributed by atoms with van der Waals surface area (Å²) < 4.78 is 41.9. The molecule has 0 heterocycles. The molecule has 0 aliphatic heterocycles. The first-order valence-electron chi connectivity index (χ1n) is 3.88. The van der Waals surface area contributed by atoms with E-state index in [1.54, 1.807) is 6.92 Å². The van der Waals surface area contributed by atoms with Gasteiger partial charge >= 0.3 is 23.9 Å². The van der Waals surface area contributed by atoms with Crippen molar-refractivity contribution >= 4 is 23.9 Å². The molecule has 11 nitrogen and oxygen atoms in total. The fourth-order valence-electron chi connectivity index (χ4n) is 0.407. The molecule has 0 bridgehead atoms. The highest BCUT2D eigenvalue weighted by Gasteiger charge is 2.35. The zero-order valence-electron chi connectivity index (χ0n) is 8.62. The van der Waals surface area contributed by atoms with Crippen molar-refractivity contribution in [3.05, 3.63) is 0 Å². The Morgan fingerprint density at radius 1 is 1.29 bits per heavy atom. The first kappa shape index (κ1) is 19.7. The highest BCUT2D eigenvalue weighted by molar-refractivity contribution is 7.61. The maximum absolute atomic E-state index is 11.1. The molecule has 0 aliphatic carbocycles. The Kier molecular flexibility index (Phi) is 10.8. The molecule has 0 aliphatic rings. The quantitative estimate of drug-likeness (QED) is 0.324. The second-order valence-electron chi connectivity index (χ2n) is 2.24. The van der Waals surface area contributed by atoms with Crippen LogP contribution < -0.4 is 5.90 Å². The van der Waals surface area contributed by atoms with Crippen LogP contribution in [0.3, 0.4) is 0 Å². The van der Waals surface area contributed by atoms with Gasteiger partial charge in [-0.3, -0.25) is 9.09 Å². The number of rotatable bonds is 6. The van der Waals surface area contributed by atoms with Crippen LogP contribution >= 0.6 is 23.9 Å². The van der Waals surface area contributed by atoms with Crippen LogP contribution in [-0.4, -0.2) is 26.2 Å². The van der Waals surface area contributed by atoms with Crippen LogP contribution in [0.15, 0.2) is 0 Å². The van der Waals surface area contributed by atoms with E-state index in [0.29, 0.717) is 6.42 Å². The lowest BCUT2D eigenvalue weighted by Gasteiger charge is -2.14. The number of hydrogen-bond acceptors (Lipinski definition) is 7. The van der Waals surface area contributed by atoms with E-state index in [2.05, 4.69) is 19.4 Å². The number of hydrogen-bond donors (Lipinski definition) is 5. The van der Waals surface area contributed by atoms with Gasteiger partial charge in [0.05, 0.1) is 6.61 Å². The molecule has 0 fully saturated rings. The van der Waals surface area contributed by atoms with Gasteiger partial charge in [0.15, 0.2) is 0 Å². The Balaban J connectivity index is 0. The lowest BCUT2D eigenvalue weighted by molar-refractivity contribution is 0.141. The van der Waals surface area contributed by atoms with Gasteiger partial charge in [-0.05, 0) is 6.42 Å². The van der Waals surface area contributed by atoms with E-state index in [4.69, 9.17) is 24.1 Å². The molecule has 1 atom stereocenters. The van der Waals surface area contributed by atoms with Gasteiger partial charge in [-0.2, -0.15) is 4.31 Å². The second-order valence-corrected chi connectivity index (χ2v) is 5.80. The summed E-state index contributed by atoms with van der Waals surface area (Å²) in [6.07, 6.45) is 0.470. The van der Waals surface area contributed by atoms with E-state index < -0.39 is 23.9 Å². The Hall–Kier alpha value is 0.370. The lowest BCUT2D eigenvalue weighted by Crippen LogP contribution is -2.04.